The van der Waals surface area contributed by atoms with Crippen LogP contribution in [0.25, 0.3) is 21.5 Å². The van der Waals surface area contributed by atoms with Crippen molar-refractivity contribution in [3.8, 4) is 17.0 Å². The molecule has 0 aliphatic rings. The lowest BCUT2D eigenvalue weighted by Crippen LogP contribution is -2.27. The molecular formula is C20H18N4O3S2. The van der Waals surface area contributed by atoms with Crippen LogP contribution in [0.3, 0.4) is 0 Å². The summed E-state index contributed by atoms with van der Waals surface area (Å²) in [5.41, 5.74) is 2.40. The minimum Gasteiger partial charge on any atom is -0.497 e. The molecule has 3 aromatic heterocycles. The number of fused-ring (bicyclic) bond motifs is 1. The third-order valence-corrected chi connectivity index (χ3v) is 6.48. The van der Waals surface area contributed by atoms with Gasteiger partial charge in [0.05, 0.1) is 24.5 Å². The summed E-state index contributed by atoms with van der Waals surface area (Å²) in [5, 5.41) is 5.69. The highest BCUT2D eigenvalue weighted by atomic mass is 32.1. The number of methoxy groups -OCH3 is 1. The summed E-state index contributed by atoms with van der Waals surface area (Å²) in [6.07, 6.45) is 1.42. The number of anilines is 1. The van der Waals surface area contributed by atoms with E-state index in [1.165, 1.54) is 33.6 Å². The van der Waals surface area contributed by atoms with Crippen LogP contribution < -0.4 is 15.6 Å². The van der Waals surface area contributed by atoms with E-state index in [0.29, 0.717) is 15.3 Å². The number of aryl methyl sites for hydroxylation is 2. The van der Waals surface area contributed by atoms with E-state index >= 15 is 0 Å². The Morgan fingerprint density at radius 3 is 2.72 bits per heavy atom. The zero-order valence-electron chi connectivity index (χ0n) is 16.1. The molecule has 0 spiro atoms. The number of nitrogens with zero attached hydrogens (tertiary/aromatic N) is 3. The number of nitrogens with one attached hydrogen (secondary N) is 1. The van der Waals surface area contributed by atoms with E-state index in [-0.39, 0.29) is 18.0 Å². The number of amides is 1. The maximum atomic E-state index is 12.7. The third-order valence-electron chi connectivity index (χ3n) is 4.61. The van der Waals surface area contributed by atoms with Crippen molar-refractivity contribution >= 4 is 43.9 Å². The lowest BCUT2D eigenvalue weighted by atomic mass is 10.2. The number of aromatic nitrogens is 3. The topological polar surface area (TPSA) is 86.1 Å². The molecule has 3 heterocycles. The van der Waals surface area contributed by atoms with E-state index in [1.807, 2.05) is 43.5 Å². The lowest BCUT2D eigenvalue weighted by Gasteiger charge is -2.05. The number of ether oxygens (including phenoxy) is 1. The van der Waals surface area contributed by atoms with Crippen LogP contribution in [0.4, 0.5) is 5.13 Å². The highest BCUT2D eigenvalue weighted by Crippen LogP contribution is 2.27. The Balaban J connectivity index is 1.50. The predicted molar refractivity (Wildman–Crippen MR) is 116 cm³/mol. The van der Waals surface area contributed by atoms with Crippen molar-refractivity contribution in [1.29, 1.82) is 0 Å². The Morgan fingerprint density at radius 2 is 2.00 bits per heavy atom. The van der Waals surface area contributed by atoms with Gasteiger partial charge in [0, 0.05) is 15.8 Å². The average Bonchev–Trinajstić information content (AvgIpc) is 3.29. The van der Waals surface area contributed by atoms with Gasteiger partial charge in [-0.2, -0.15) is 0 Å². The zero-order chi connectivity index (χ0) is 20.5. The fourth-order valence-electron chi connectivity index (χ4n) is 2.92. The molecule has 0 fully saturated rings. The van der Waals surface area contributed by atoms with Gasteiger partial charge in [-0.05, 0) is 43.7 Å². The fourth-order valence-corrected chi connectivity index (χ4v) is 4.64. The number of carbonyl (C=O) groups excluding carboxylic acids is 1. The van der Waals surface area contributed by atoms with Gasteiger partial charge < -0.3 is 10.1 Å². The Bertz CT molecular complexity index is 1260. The molecule has 0 unspecified atom stereocenters. The molecule has 9 heteroatoms. The van der Waals surface area contributed by atoms with Crippen LogP contribution in [0, 0.1) is 13.8 Å². The van der Waals surface area contributed by atoms with Gasteiger partial charge in [-0.3, -0.25) is 14.2 Å². The minimum absolute atomic E-state index is 0.118. The van der Waals surface area contributed by atoms with Crippen molar-refractivity contribution < 1.29 is 9.53 Å². The molecule has 0 atom stereocenters. The molecule has 0 radical (unpaired) electrons. The molecule has 0 aliphatic carbocycles. The zero-order valence-corrected chi connectivity index (χ0v) is 17.7. The molecule has 1 N–H and O–H groups in total. The smallest absolute Gasteiger partial charge is 0.262 e. The summed E-state index contributed by atoms with van der Waals surface area (Å²) in [5.74, 6) is 0.443. The summed E-state index contributed by atoms with van der Waals surface area (Å²) in [6.45, 7) is 3.74. The minimum atomic E-state index is -0.325. The van der Waals surface area contributed by atoms with Gasteiger partial charge in [0.25, 0.3) is 5.56 Å². The van der Waals surface area contributed by atoms with Gasteiger partial charge in [-0.15, -0.1) is 22.7 Å². The molecule has 1 amide bonds. The molecule has 29 heavy (non-hydrogen) atoms. The summed E-state index contributed by atoms with van der Waals surface area (Å²) in [6, 6.07) is 7.53. The van der Waals surface area contributed by atoms with Crippen molar-refractivity contribution in [2.45, 2.75) is 20.4 Å². The van der Waals surface area contributed by atoms with Crippen LogP contribution in [0.15, 0.2) is 40.8 Å². The fraction of sp³-hybridized carbons (Fsp3) is 0.200. The number of carbonyl (C=O) groups is 1. The van der Waals surface area contributed by atoms with E-state index in [1.54, 1.807) is 7.11 Å². The highest BCUT2D eigenvalue weighted by Gasteiger charge is 2.14. The molecule has 4 aromatic rings. The third kappa shape index (κ3) is 3.79. The maximum absolute atomic E-state index is 12.7. The number of hydrogen-bond acceptors (Lipinski definition) is 7. The summed E-state index contributed by atoms with van der Waals surface area (Å²) in [4.78, 5) is 35.7. The molecule has 0 saturated heterocycles. The van der Waals surface area contributed by atoms with Crippen LogP contribution >= 0.6 is 22.7 Å². The quantitative estimate of drug-likeness (QED) is 0.524. The molecule has 148 valence electrons. The molecule has 0 aliphatic heterocycles. The second-order valence-electron chi connectivity index (χ2n) is 6.46. The van der Waals surface area contributed by atoms with Gasteiger partial charge in [0.1, 0.15) is 17.1 Å². The van der Waals surface area contributed by atoms with Crippen molar-refractivity contribution in [3.63, 3.8) is 0 Å². The first-order valence-corrected chi connectivity index (χ1v) is 10.5. The van der Waals surface area contributed by atoms with E-state index in [0.717, 1.165) is 27.4 Å². The van der Waals surface area contributed by atoms with E-state index in [4.69, 9.17) is 4.74 Å². The van der Waals surface area contributed by atoms with Crippen molar-refractivity contribution in [2.75, 3.05) is 12.4 Å². The Morgan fingerprint density at radius 1 is 1.24 bits per heavy atom. The molecular weight excluding hydrogens is 408 g/mol. The SMILES string of the molecule is COc1ccc(-c2csc(NC(=O)Cn3cnc4sc(C)c(C)c4c3=O)n2)cc1. The van der Waals surface area contributed by atoms with Gasteiger partial charge in [0.15, 0.2) is 5.13 Å². The van der Waals surface area contributed by atoms with E-state index < -0.39 is 0 Å². The maximum Gasteiger partial charge on any atom is 0.262 e. The highest BCUT2D eigenvalue weighted by molar-refractivity contribution is 7.18. The molecule has 4 rings (SSSR count). The van der Waals surface area contributed by atoms with Crippen molar-refractivity contribution in [2.24, 2.45) is 0 Å². The first kappa shape index (κ1) is 19.3. The largest absolute Gasteiger partial charge is 0.497 e. The molecule has 0 bridgehead atoms. The number of benzene rings is 1. The average molecular weight is 427 g/mol. The monoisotopic (exact) mass is 426 g/mol. The summed E-state index contributed by atoms with van der Waals surface area (Å²) < 4.78 is 6.49. The second-order valence-corrected chi connectivity index (χ2v) is 8.52. The molecule has 7 nitrogen and oxygen atoms in total. The second kappa shape index (κ2) is 7.76. The van der Waals surface area contributed by atoms with Crippen molar-refractivity contribution in [1.82, 2.24) is 14.5 Å². The van der Waals surface area contributed by atoms with Gasteiger partial charge in [-0.25, -0.2) is 9.97 Å². The first-order chi connectivity index (χ1) is 14.0. The predicted octanol–water partition coefficient (Wildman–Crippen LogP) is 3.85. The van der Waals surface area contributed by atoms with Crippen molar-refractivity contribution in [3.05, 3.63) is 56.8 Å². The Hall–Kier alpha value is -3.04. The van der Waals surface area contributed by atoms with E-state index in [2.05, 4.69) is 15.3 Å². The summed E-state index contributed by atoms with van der Waals surface area (Å²) in [7, 11) is 1.62. The Labute approximate surface area is 174 Å². The standard InChI is InChI=1S/C20H18N4O3S2/c1-11-12(2)29-18-17(11)19(26)24(10-21-18)8-16(25)23-20-22-15(9-28-20)13-4-6-14(27-3)7-5-13/h4-7,9-10H,8H2,1-3H3,(H,22,23,25). The van der Waals surface area contributed by atoms with E-state index in [9.17, 15) is 9.59 Å². The number of thiophene rings is 1. The van der Waals surface area contributed by atoms with Crippen LogP contribution in [0.5, 0.6) is 5.75 Å². The van der Waals surface area contributed by atoms with Gasteiger partial charge in [-0.1, -0.05) is 0 Å². The number of rotatable bonds is 5. The summed E-state index contributed by atoms with van der Waals surface area (Å²) >= 11 is 2.81. The first-order valence-electron chi connectivity index (χ1n) is 8.81. The Kier molecular flexibility index (Phi) is 5.16. The van der Waals surface area contributed by atoms with Crippen LogP contribution in [-0.2, 0) is 11.3 Å². The molecule has 0 saturated carbocycles. The number of thiazole rings is 1. The van der Waals surface area contributed by atoms with Crippen LogP contribution in [0.2, 0.25) is 0 Å². The van der Waals surface area contributed by atoms with Gasteiger partial charge in [0.2, 0.25) is 5.91 Å². The molecule has 1 aromatic carbocycles. The van der Waals surface area contributed by atoms with Crippen LogP contribution in [0.1, 0.15) is 10.4 Å². The lowest BCUT2D eigenvalue weighted by molar-refractivity contribution is -0.116. The normalized spacial score (nSPS) is 11.0. The number of hydrogen-bond donors (Lipinski definition) is 1. The van der Waals surface area contributed by atoms with Gasteiger partial charge >= 0.3 is 0 Å². The van der Waals surface area contributed by atoms with Crippen LogP contribution in [-0.4, -0.2) is 27.6 Å².